The van der Waals surface area contributed by atoms with Crippen LogP contribution in [0.15, 0.2) is 0 Å². The molecule has 1 saturated heterocycles. The normalized spacial score (nSPS) is 33.6. The van der Waals surface area contributed by atoms with Crippen molar-refractivity contribution in [2.45, 2.75) is 70.4 Å². The van der Waals surface area contributed by atoms with E-state index in [9.17, 15) is 14.7 Å². The van der Waals surface area contributed by atoms with E-state index in [1.54, 1.807) is 16.7 Å². The van der Waals surface area contributed by atoms with Gasteiger partial charge in [-0.15, -0.1) is 0 Å². The smallest absolute Gasteiger partial charge is 0.329 e. The Balaban J connectivity index is 2.11. The Bertz CT molecular complexity index is 412. The zero-order valence-corrected chi connectivity index (χ0v) is 13.5. The minimum absolute atomic E-state index is 0.112. The van der Waals surface area contributed by atoms with Gasteiger partial charge in [0.25, 0.3) is 0 Å². The van der Waals surface area contributed by atoms with Crippen molar-refractivity contribution in [3.63, 3.8) is 0 Å². The van der Waals surface area contributed by atoms with Crippen LogP contribution in [0.5, 0.6) is 0 Å². The van der Waals surface area contributed by atoms with Crippen molar-refractivity contribution in [1.29, 1.82) is 0 Å². The van der Waals surface area contributed by atoms with E-state index in [2.05, 4.69) is 6.92 Å². The standard InChI is InChI=1S/C16H28N2O3/c1-12-7-6-8-13(11-12)17(3)15(21)18-10-5-4-9-16(18,2)14(19)20/h12-13H,4-11H2,1-3H3,(H,19,20). The summed E-state index contributed by atoms with van der Waals surface area (Å²) in [6.07, 6.45) is 6.75. The van der Waals surface area contributed by atoms with Crippen LogP contribution in [0.4, 0.5) is 4.79 Å². The van der Waals surface area contributed by atoms with E-state index in [0.717, 1.165) is 32.1 Å². The second-order valence-electron chi connectivity index (χ2n) is 7.01. The van der Waals surface area contributed by atoms with E-state index in [-0.39, 0.29) is 12.1 Å². The molecular formula is C16H28N2O3. The van der Waals surface area contributed by atoms with Crippen LogP contribution < -0.4 is 0 Å². The molecule has 2 amide bonds. The number of likely N-dealkylation sites (tertiary alicyclic amines) is 1. The van der Waals surface area contributed by atoms with Gasteiger partial charge in [-0.2, -0.15) is 0 Å². The molecule has 2 rings (SSSR count). The molecule has 0 aromatic carbocycles. The van der Waals surface area contributed by atoms with E-state index in [0.29, 0.717) is 18.9 Å². The van der Waals surface area contributed by atoms with Crippen LogP contribution in [0.25, 0.3) is 0 Å². The van der Waals surface area contributed by atoms with Crippen molar-refractivity contribution in [1.82, 2.24) is 9.80 Å². The van der Waals surface area contributed by atoms with Crippen molar-refractivity contribution >= 4 is 12.0 Å². The Labute approximate surface area is 127 Å². The lowest BCUT2D eigenvalue weighted by Crippen LogP contribution is -2.61. The van der Waals surface area contributed by atoms with Gasteiger partial charge < -0.3 is 14.9 Å². The number of piperidine rings is 1. The van der Waals surface area contributed by atoms with Gasteiger partial charge in [0.2, 0.25) is 0 Å². The Kier molecular flexibility index (Phi) is 4.79. The maximum atomic E-state index is 12.8. The van der Waals surface area contributed by atoms with Crippen LogP contribution in [-0.2, 0) is 4.79 Å². The fourth-order valence-electron chi connectivity index (χ4n) is 3.75. The molecule has 0 radical (unpaired) electrons. The van der Waals surface area contributed by atoms with Gasteiger partial charge in [-0.05, 0) is 44.9 Å². The van der Waals surface area contributed by atoms with Gasteiger partial charge in [-0.1, -0.05) is 19.8 Å². The topological polar surface area (TPSA) is 60.9 Å². The van der Waals surface area contributed by atoms with E-state index < -0.39 is 11.5 Å². The Hall–Kier alpha value is -1.26. The molecule has 120 valence electrons. The Morgan fingerprint density at radius 1 is 1.24 bits per heavy atom. The molecule has 1 heterocycles. The maximum absolute atomic E-state index is 12.8. The number of urea groups is 1. The summed E-state index contributed by atoms with van der Waals surface area (Å²) in [5, 5.41) is 9.54. The van der Waals surface area contributed by atoms with Gasteiger partial charge in [0.1, 0.15) is 5.54 Å². The van der Waals surface area contributed by atoms with E-state index >= 15 is 0 Å². The lowest BCUT2D eigenvalue weighted by molar-refractivity contribution is -0.150. The number of aliphatic carboxylic acids is 1. The number of nitrogens with zero attached hydrogens (tertiary/aromatic N) is 2. The zero-order chi connectivity index (χ0) is 15.6. The minimum atomic E-state index is -1.05. The number of carbonyl (C=O) groups is 2. The predicted molar refractivity (Wildman–Crippen MR) is 81.2 cm³/mol. The van der Waals surface area contributed by atoms with Crippen LogP contribution in [-0.4, -0.2) is 52.1 Å². The zero-order valence-electron chi connectivity index (χ0n) is 13.5. The molecule has 5 nitrogen and oxygen atoms in total. The first-order chi connectivity index (χ1) is 9.86. The number of carbonyl (C=O) groups excluding carboxylic acids is 1. The van der Waals surface area contributed by atoms with Crippen molar-refractivity contribution in [3.05, 3.63) is 0 Å². The van der Waals surface area contributed by atoms with Gasteiger partial charge in [0, 0.05) is 19.6 Å². The average Bonchev–Trinajstić information content (AvgIpc) is 2.46. The first-order valence-electron chi connectivity index (χ1n) is 8.14. The van der Waals surface area contributed by atoms with Crippen molar-refractivity contribution in [2.24, 2.45) is 5.92 Å². The number of hydrogen-bond donors (Lipinski definition) is 1. The van der Waals surface area contributed by atoms with Gasteiger partial charge in [-0.3, -0.25) is 0 Å². The van der Waals surface area contributed by atoms with Crippen LogP contribution in [0.2, 0.25) is 0 Å². The molecule has 2 aliphatic rings. The molecule has 0 aromatic heterocycles. The van der Waals surface area contributed by atoms with Gasteiger partial charge in [-0.25, -0.2) is 9.59 Å². The van der Waals surface area contributed by atoms with E-state index in [1.807, 2.05) is 7.05 Å². The summed E-state index contributed by atoms with van der Waals surface area (Å²) in [5.74, 6) is -0.243. The van der Waals surface area contributed by atoms with Crippen LogP contribution in [0.1, 0.15) is 58.8 Å². The quantitative estimate of drug-likeness (QED) is 0.852. The van der Waals surface area contributed by atoms with Crippen LogP contribution in [0.3, 0.4) is 0 Å². The SMILES string of the molecule is CC1CCCC(N(C)C(=O)N2CCCCC2(C)C(=O)O)C1. The molecule has 21 heavy (non-hydrogen) atoms. The monoisotopic (exact) mass is 296 g/mol. The first-order valence-corrected chi connectivity index (χ1v) is 8.14. The largest absolute Gasteiger partial charge is 0.480 e. The van der Waals surface area contributed by atoms with Crippen molar-refractivity contribution < 1.29 is 14.7 Å². The molecule has 2 fully saturated rings. The third-order valence-electron chi connectivity index (χ3n) is 5.34. The summed E-state index contributed by atoms with van der Waals surface area (Å²) in [7, 11) is 1.84. The Morgan fingerprint density at radius 3 is 2.57 bits per heavy atom. The molecule has 1 saturated carbocycles. The summed E-state index contributed by atoms with van der Waals surface area (Å²) in [4.78, 5) is 27.8. The molecule has 0 aromatic rings. The fraction of sp³-hybridized carbons (Fsp3) is 0.875. The van der Waals surface area contributed by atoms with Gasteiger partial charge in [0.15, 0.2) is 0 Å². The molecule has 1 aliphatic carbocycles. The number of hydrogen-bond acceptors (Lipinski definition) is 2. The van der Waals surface area contributed by atoms with Gasteiger partial charge in [0.05, 0.1) is 0 Å². The van der Waals surface area contributed by atoms with E-state index in [4.69, 9.17) is 0 Å². The molecule has 1 aliphatic heterocycles. The molecular weight excluding hydrogens is 268 g/mol. The van der Waals surface area contributed by atoms with Crippen molar-refractivity contribution in [3.8, 4) is 0 Å². The molecule has 3 unspecified atom stereocenters. The third-order valence-corrected chi connectivity index (χ3v) is 5.34. The second kappa shape index (κ2) is 6.24. The summed E-state index contributed by atoms with van der Waals surface area (Å²) < 4.78 is 0. The highest BCUT2D eigenvalue weighted by Gasteiger charge is 2.45. The second-order valence-corrected chi connectivity index (χ2v) is 7.01. The molecule has 1 N–H and O–H groups in total. The summed E-state index contributed by atoms with van der Waals surface area (Å²) >= 11 is 0. The summed E-state index contributed by atoms with van der Waals surface area (Å²) in [6, 6.07) is 0.139. The number of rotatable bonds is 2. The fourth-order valence-corrected chi connectivity index (χ4v) is 3.75. The lowest BCUT2D eigenvalue weighted by atomic mass is 9.86. The van der Waals surface area contributed by atoms with E-state index in [1.165, 1.54) is 6.42 Å². The summed E-state index contributed by atoms with van der Waals surface area (Å²) in [6.45, 7) is 4.46. The Morgan fingerprint density at radius 2 is 1.95 bits per heavy atom. The maximum Gasteiger partial charge on any atom is 0.329 e. The molecule has 3 atom stereocenters. The predicted octanol–water partition coefficient (Wildman–Crippen LogP) is 2.95. The van der Waals surface area contributed by atoms with Crippen LogP contribution >= 0.6 is 0 Å². The van der Waals surface area contributed by atoms with Crippen molar-refractivity contribution in [2.75, 3.05) is 13.6 Å². The summed E-state index contributed by atoms with van der Waals surface area (Å²) in [5.41, 5.74) is -1.05. The average molecular weight is 296 g/mol. The number of carboxylic acids is 1. The highest BCUT2D eigenvalue weighted by Crippen LogP contribution is 2.32. The highest BCUT2D eigenvalue weighted by molar-refractivity contribution is 5.86. The number of carboxylic acid groups (broad SMARTS) is 1. The highest BCUT2D eigenvalue weighted by atomic mass is 16.4. The van der Waals surface area contributed by atoms with Gasteiger partial charge >= 0.3 is 12.0 Å². The minimum Gasteiger partial charge on any atom is -0.480 e. The molecule has 0 spiro atoms. The first kappa shape index (κ1) is 16.1. The third kappa shape index (κ3) is 3.16. The molecule has 5 heteroatoms. The molecule has 0 bridgehead atoms. The lowest BCUT2D eigenvalue weighted by Gasteiger charge is -2.45. The van der Waals surface area contributed by atoms with Crippen LogP contribution in [0, 0.1) is 5.92 Å². The number of amides is 2.